The van der Waals surface area contributed by atoms with Gasteiger partial charge in [-0.2, -0.15) is 0 Å². The lowest BCUT2D eigenvalue weighted by Crippen LogP contribution is -2.59. The summed E-state index contributed by atoms with van der Waals surface area (Å²) < 4.78 is 11.1. The Morgan fingerprint density at radius 1 is 1.26 bits per heavy atom. The van der Waals surface area contributed by atoms with Gasteiger partial charge in [-0.25, -0.2) is 0 Å². The lowest BCUT2D eigenvalue weighted by Gasteiger charge is -2.48. The molecule has 1 spiro atoms. The lowest BCUT2D eigenvalue weighted by molar-refractivity contribution is 0.0107. The number of aryl methyl sites for hydroxylation is 2. The van der Waals surface area contributed by atoms with Crippen molar-refractivity contribution in [1.29, 1.82) is 0 Å². The van der Waals surface area contributed by atoms with E-state index >= 15 is 0 Å². The van der Waals surface area contributed by atoms with Crippen LogP contribution in [0.4, 0.5) is 0 Å². The van der Waals surface area contributed by atoms with E-state index in [2.05, 4.69) is 29.2 Å². The summed E-state index contributed by atoms with van der Waals surface area (Å²) in [7, 11) is 2.16. The molecule has 144 valence electrons. The minimum atomic E-state index is 0.0447. The smallest absolute Gasteiger partial charge is 0.259 e. The Labute approximate surface area is 160 Å². The van der Waals surface area contributed by atoms with Crippen molar-refractivity contribution in [3.05, 3.63) is 52.9 Å². The first kappa shape index (κ1) is 18.2. The number of aromatic nitrogens is 1. The number of likely N-dealkylation sites (N-methyl/N-ethyl adjacent to an activating group) is 1. The molecular formula is C21H27N3O3. The quantitative estimate of drug-likeness (QED) is 0.811. The molecule has 0 radical (unpaired) electrons. The third-order valence-corrected chi connectivity index (χ3v) is 5.89. The van der Waals surface area contributed by atoms with Crippen LogP contribution in [0.2, 0.25) is 0 Å². The highest BCUT2D eigenvalue weighted by Gasteiger charge is 2.52. The number of ether oxygens (including phenoxy) is 1. The zero-order valence-electron chi connectivity index (χ0n) is 16.3. The summed E-state index contributed by atoms with van der Waals surface area (Å²) in [6, 6.07) is 10.7. The van der Waals surface area contributed by atoms with Crippen LogP contribution >= 0.6 is 0 Å². The van der Waals surface area contributed by atoms with Crippen molar-refractivity contribution in [1.82, 2.24) is 15.0 Å². The maximum absolute atomic E-state index is 12.7. The second-order valence-corrected chi connectivity index (χ2v) is 8.13. The molecule has 1 amide bonds. The standard InChI is InChI=1S/C21H27N3O3/c1-15-19(16(2)27-22-15)20(25)24-13-21(14-24)9-18(23(3)12-21)11-26-10-17-7-5-4-6-8-17/h4-8,18H,9-14H2,1-3H3. The average molecular weight is 369 g/mol. The molecule has 6 heteroatoms. The highest BCUT2D eigenvalue weighted by atomic mass is 16.5. The van der Waals surface area contributed by atoms with Gasteiger partial charge in [0.2, 0.25) is 0 Å². The fourth-order valence-electron chi connectivity index (χ4n) is 4.53. The first-order valence-electron chi connectivity index (χ1n) is 9.51. The van der Waals surface area contributed by atoms with Crippen LogP contribution in [0.5, 0.6) is 0 Å². The van der Waals surface area contributed by atoms with Crippen LogP contribution in [0, 0.1) is 19.3 Å². The molecule has 3 heterocycles. The van der Waals surface area contributed by atoms with Crippen molar-refractivity contribution in [2.45, 2.75) is 32.9 Å². The first-order valence-corrected chi connectivity index (χ1v) is 9.51. The van der Waals surface area contributed by atoms with Gasteiger partial charge in [0.15, 0.2) is 0 Å². The van der Waals surface area contributed by atoms with Gasteiger partial charge in [0.1, 0.15) is 11.3 Å². The van der Waals surface area contributed by atoms with E-state index < -0.39 is 0 Å². The van der Waals surface area contributed by atoms with Crippen LogP contribution in [0.25, 0.3) is 0 Å². The Balaban J connectivity index is 1.30. The van der Waals surface area contributed by atoms with Crippen molar-refractivity contribution < 1.29 is 14.1 Å². The largest absolute Gasteiger partial charge is 0.375 e. The molecule has 27 heavy (non-hydrogen) atoms. The van der Waals surface area contributed by atoms with Gasteiger partial charge in [-0.3, -0.25) is 4.79 Å². The molecule has 0 saturated carbocycles. The van der Waals surface area contributed by atoms with Gasteiger partial charge in [0, 0.05) is 31.1 Å². The molecule has 0 N–H and O–H groups in total. The zero-order valence-corrected chi connectivity index (χ0v) is 16.3. The predicted molar refractivity (Wildman–Crippen MR) is 101 cm³/mol. The molecule has 2 saturated heterocycles. The summed E-state index contributed by atoms with van der Waals surface area (Å²) in [5.41, 5.74) is 2.70. The van der Waals surface area contributed by atoms with Gasteiger partial charge in [-0.05, 0) is 32.9 Å². The van der Waals surface area contributed by atoms with Gasteiger partial charge >= 0.3 is 0 Å². The third-order valence-electron chi connectivity index (χ3n) is 5.89. The second kappa shape index (κ2) is 7.09. The second-order valence-electron chi connectivity index (χ2n) is 8.13. The van der Waals surface area contributed by atoms with E-state index in [4.69, 9.17) is 9.26 Å². The van der Waals surface area contributed by atoms with Crippen LogP contribution in [0.1, 0.15) is 33.8 Å². The van der Waals surface area contributed by atoms with Crippen LogP contribution in [0.15, 0.2) is 34.9 Å². The molecule has 0 aliphatic carbocycles. The van der Waals surface area contributed by atoms with Gasteiger partial charge in [0.05, 0.1) is 18.9 Å². The Bertz CT molecular complexity index is 792. The van der Waals surface area contributed by atoms with Gasteiger partial charge in [0.25, 0.3) is 5.91 Å². The fraction of sp³-hybridized carbons (Fsp3) is 0.524. The summed E-state index contributed by atoms with van der Waals surface area (Å²) in [5, 5.41) is 3.90. The molecule has 2 aliphatic heterocycles. The highest BCUT2D eigenvalue weighted by Crippen LogP contribution is 2.42. The number of hydrogen-bond donors (Lipinski definition) is 0. The van der Waals surface area contributed by atoms with Crippen molar-refractivity contribution in [3.8, 4) is 0 Å². The van der Waals surface area contributed by atoms with Crippen molar-refractivity contribution >= 4 is 5.91 Å². The number of nitrogens with zero attached hydrogens (tertiary/aromatic N) is 3. The van der Waals surface area contributed by atoms with Crippen molar-refractivity contribution in [2.75, 3.05) is 33.3 Å². The summed E-state index contributed by atoms with van der Waals surface area (Å²) in [4.78, 5) is 17.1. The van der Waals surface area contributed by atoms with E-state index in [0.717, 1.165) is 32.7 Å². The number of benzene rings is 1. The van der Waals surface area contributed by atoms with E-state index in [9.17, 15) is 4.79 Å². The van der Waals surface area contributed by atoms with E-state index in [0.29, 0.717) is 29.7 Å². The molecule has 0 bridgehead atoms. The monoisotopic (exact) mass is 369 g/mol. The molecule has 1 atom stereocenters. The Morgan fingerprint density at radius 2 is 2.00 bits per heavy atom. The number of likely N-dealkylation sites (tertiary alicyclic amines) is 2. The van der Waals surface area contributed by atoms with Crippen molar-refractivity contribution in [2.24, 2.45) is 5.41 Å². The summed E-state index contributed by atoms with van der Waals surface area (Å²) in [6.45, 7) is 7.61. The number of rotatable bonds is 5. The molecule has 2 fully saturated rings. The fourth-order valence-corrected chi connectivity index (χ4v) is 4.53. The molecule has 4 rings (SSSR count). The molecular weight excluding hydrogens is 342 g/mol. The zero-order chi connectivity index (χ0) is 19.0. The summed E-state index contributed by atoms with van der Waals surface area (Å²) in [5.74, 6) is 0.650. The topological polar surface area (TPSA) is 58.8 Å². The van der Waals surface area contributed by atoms with Gasteiger partial charge in [-0.15, -0.1) is 0 Å². The third kappa shape index (κ3) is 3.51. The van der Waals surface area contributed by atoms with Gasteiger partial charge < -0.3 is 19.1 Å². The van der Waals surface area contributed by atoms with Crippen LogP contribution < -0.4 is 0 Å². The molecule has 2 aromatic rings. The van der Waals surface area contributed by atoms with Crippen LogP contribution in [-0.4, -0.2) is 60.2 Å². The molecule has 1 aromatic heterocycles. The van der Waals surface area contributed by atoms with Crippen LogP contribution in [-0.2, 0) is 11.3 Å². The first-order chi connectivity index (χ1) is 13.0. The minimum Gasteiger partial charge on any atom is -0.375 e. The average Bonchev–Trinajstić information content (AvgIpc) is 3.14. The predicted octanol–water partition coefficient (Wildman–Crippen LogP) is 2.65. The lowest BCUT2D eigenvalue weighted by atomic mass is 9.77. The summed E-state index contributed by atoms with van der Waals surface area (Å²) in [6.07, 6.45) is 1.07. The maximum atomic E-state index is 12.7. The normalized spacial score (nSPS) is 21.6. The molecule has 1 aromatic carbocycles. The van der Waals surface area contributed by atoms with E-state index in [1.54, 1.807) is 6.92 Å². The number of hydrogen-bond acceptors (Lipinski definition) is 5. The SMILES string of the molecule is Cc1noc(C)c1C(=O)N1CC2(CC(COCc3ccccc3)N(C)C2)C1. The van der Waals surface area contributed by atoms with Crippen molar-refractivity contribution in [3.63, 3.8) is 0 Å². The minimum absolute atomic E-state index is 0.0447. The molecule has 2 aliphatic rings. The van der Waals surface area contributed by atoms with E-state index in [-0.39, 0.29) is 11.3 Å². The van der Waals surface area contributed by atoms with E-state index in [1.807, 2.05) is 30.0 Å². The maximum Gasteiger partial charge on any atom is 0.259 e. The molecule has 6 nitrogen and oxygen atoms in total. The number of carbonyl (C=O) groups excluding carboxylic acids is 1. The number of carbonyl (C=O) groups is 1. The van der Waals surface area contributed by atoms with E-state index in [1.165, 1.54) is 5.56 Å². The van der Waals surface area contributed by atoms with Gasteiger partial charge in [-0.1, -0.05) is 35.5 Å². The summed E-state index contributed by atoms with van der Waals surface area (Å²) >= 11 is 0. The highest BCUT2D eigenvalue weighted by molar-refractivity contribution is 5.96. The Hall–Kier alpha value is -2.18. The Kier molecular flexibility index (Phi) is 4.78. The number of amides is 1. The van der Waals surface area contributed by atoms with Crippen LogP contribution in [0.3, 0.4) is 0 Å². The Morgan fingerprint density at radius 3 is 2.67 bits per heavy atom. The molecule has 1 unspecified atom stereocenters.